The molecule has 3 N–H and O–H groups in total. The summed E-state index contributed by atoms with van der Waals surface area (Å²) in [6.07, 6.45) is 1.57. The van der Waals surface area contributed by atoms with Crippen molar-refractivity contribution in [2.24, 2.45) is 0 Å². The molecule has 3 amide bonds. The van der Waals surface area contributed by atoms with E-state index >= 15 is 0 Å². The number of anilines is 1. The first-order valence-corrected chi connectivity index (χ1v) is 10.6. The lowest BCUT2D eigenvalue weighted by molar-refractivity contribution is 0.00829. The van der Waals surface area contributed by atoms with Gasteiger partial charge in [-0.3, -0.25) is 14.9 Å². The van der Waals surface area contributed by atoms with E-state index in [9.17, 15) is 9.59 Å². The van der Waals surface area contributed by atoms with Crippen LogP contribution in [0.4, 0.5) is 10.6 Å². The number of rotatable bonds is 2. The van der Waals surface area contributed by atoms with E-state index in [2.05, 4.69) is 53.5 Å². The molecule has 4 heterocycles. The molecule has 1 saturated heterocycles. The number of carbonyl (C=O) groups excluding carboxylic acids is 2. The molecular weight excluding hydrogens is 394 g/mol. The summed E-state index contributed by atoms with van der Waals surface area (Å²) >= 11 is 0. The lowest BCUT2D eigenvalue weighted by atomic mass is 9.79. The highest BCUT2D eigenvalue weighted by molar-refractivity contribution is 6.02. The zero-order chi connectivity index (χ0) is 22.6. The molecule has 2 aromatic rings. The van der Waals surface area contributed by atoms with Crippen molar-refractivity contribution in [3.63, 3.8) is 0 Å². The maximum Gasteiger partial charge on any atom is 0.321 e. The van der Waals surface area contributed by atoms with Crippen molar-refractivity contribution >= 4 is 17.8 Å². The molecule has 0 aromatic carbocycles. The summed E-state index contributed by atoms with van der Waals surface area (Å²) in [5, 5.41) is 13.7. The summed E-state index contributed by atoms with van der Waals surface area (Å²) in [6, 6.07) is 5.15. The predicted octanol–water partition coefficient (Wildman–Crippen LogP) is 2.69. The largest absolute Gasteiger partial charge is 0.321 e. The number of hydrogen-bond acceptors (Lipinski definition) is 5. The molecule has 31 heavy (non-hydrogen) atoms. The van der Waals surface area contributed by atoms with Crippen LogP contribution in [0.5, 0.6) is 0 Å². The fourth-order valence-corrected chi connectivity index (χ4v) is 4.39. The molecule has 2 aliphatic rings. The number of pyridine rings is 1. The average molecular weight is 426 g/mol. The molecule has 9 heteroatoms. The van der Waals surface area contributed by atoms with Crippen molar-refractivity contribution in [3.05, 3.63) is 41.3 Å². The van der Waals surface area contributed by atoms with Crippen LogP contribution < -0.4 is 10.6 Å². The summed E-state index contributed by atoms with van der Waals surface area (Å²) in [7, 11) is 0. The van der Waals surface area contributed by atoms with Gasteiger partial charge < -0.3 is 20.4 Å². The van der Waals surface area contributed by atoms with Crippen LogP contribution in [-0.4, -0.2) is 61.1 Å². The van der Waals surface area contributed by atoms with E-state index in [0.717, 1.165) is 17.8 Å². The molecule has 166 valence electrons. The topological polar surface area (TPSA) is 106 Å². The number of piperazine rings is 1. The molecule has 0 saturated carbocycles. The number of carbonyl (C=O) groups is 2. The Kier molecular flexibility index (Phi) is 4.84. The number of aromatic nitrogens is 3. The van der Waals surface area contributed by atoms with Crippen LogP contribution in [0.25, 0.3) is 0 Å². The minimum absolute atomic E-state index is 0.0174. The molecule has 0 unspecified atom stereocenters. The SMILES string of the molecule is CC1(C)c2[nH]nc(NC(=O)c3ccccn3)c2CN1C(=O)N1CCNC(C)(C)C1(C)C. The van der Waals surface area contributed by atoms with Crippen molar-refractivity contribution in [2.45, 2.75) is 64.7 Å². The normalized spacial score (nSPS) is 21.0. The van der Waals surface area contributed by atoms with Crippen molar-refractivity contribution in [3.8, 4) is 0 Å². The Morgan fingerprint density at radius 1 is 1.10 bits per heavy atom. The van der Waals surface area contributed by atoms with Crippen LogP contribution >= 0.6 is 0 Å². The monoisotopic (exact) mass is 425 g/mol. The van der Waals surface area contributed by atoms with E-state index in [4.69, 9.17) is 0 Å². The molecule has 2 aromatic heterocycles. The Morgan fingerprint density at radius 2 is 1.84 bits per heavy atom. The van der Waals surface area contributed by atoms with Crippen molar-refractivity contribution < 1.29 is 9.59 Å². The number of amides is 3. The van der Waals surface area contributed by atoms with Gasteiger partial charge in [0.25, 0.3) is 5.91 Å². The smallest absolute Gasteiger partial charge is 0.316 e. The van der Waals surface area contributed by atoms with Gasteiger partial charge in [-0.15, -0.1) is 0 Å². The Balaban J connectivity index is 1.59. The summed E-state index contributed by atoms with van der Waals surface area (Å²) in [4.78, 5) is 34.2. The maximum atomic E-state index is 13.7. The van der Waals surface area contributed by atoms with Gasteiger partial charge in [-0.2, -0.15) is 5.10 Å². The van der Waals surface area contributed by atoms with E-state index < -0.39 is 5.54 Å². The first-order chi connectivity index (χ1) is 14.5. The summed E-state index contributed by atoms with van der Waals surface area (Å²) in [5.41, 5.74) is 0.803. The zero-order valence-electron chi connectivity index (χ0n) is 19.0. The third-order valence-electron chi connectivity index (χ3n) is 7.17. The van der Waals surface area contributed by atoms with E-state index in [1.165, 1.54) is 0 Å². The van der Waals surface area contributed by atoms with Gasteiger partial charge in [0.2, 0.25) is 0 Å². The van der Waals surface area contributed by atoms with E-state index in [0.29, 0.717) is 24.6 Å². The maximum absolute atomic E-state index is 13.7. The fourth-order valence-electron chi connectivity index (χ4n) is 4.39. The summed E-state index contributed by atoms with van der Waals surface area (Å²) in [5.74, 6) is 0.108. The van der Waals surface area contributed by atoms with Crippen LogP contribution in [0, 0.1) is 0 Å². The van der Waals surface area contributed by atoms with Crippen LogP contribution in [0.1, 0.15) is 63.3 Å². The molecule has 0 atom stereocenters. The third kappa shape index (κ3) is 3.27. The van der Waals surface area contributed by atoms with Crippen LogP contribution in [-0.2, 0) is 12.1 Å². The third-order valence-corrected chi connectivity index (χ3v) is 7.17. The number of urea groups is 1. The first-order valence-electron chi connectivity index (χ1n) is 10.6. The molecule has 0 bridgehead atoms. The fraction of sp³-hybridized carbons (Fsp3) is 0.545. The highest BCUT2D eigenvalue weighted by Crippen LogP contribution is 2.42. The highest BCUT2D eigenvalue weighted by atomic mass is 16.2. The van der Waals surface area contributed by atoms with E-state index in [1.807, 2.05) is 23.6 Å². The second kappa shape index (κ2) is 7.05. The molecule has 9 nitrogen and oxygen atoms in total. The number of H-pyrrole nitrogens is 1. The van der Waals surface area contributed by atoms with Gasteiger partial charge >= 0.3 is 6.03 Å². The van der Waals surface area contributed by atoms with Gasteiger partial charge in [-0.25, -0.2) is 4.79 Å². The van der Waals surface area contributed by atoms with Gasteiger partial charge in [0.15, 0.2) is 5.82 Å². The standard InChI is InChI=1S/C22H31N7O2/c1-20(2)16-14(17(27-26-16)25-18(30)15-9-7-8-10-23-15)13-29(20)19(31)28-12-11-24-21(3,4)22(28,5)6/h7-10,24H,11-13H2,1-6H3,(H2,25,26,27,30). The minimum atomic E-state index is -0.585. The average Bonchev–Trinajstić information content (AvgIpc) is 3.22. The second-order valence-corrected chi connectivity index (χ2v) is 9.79. The predicted molar refractivity (Wildman–Crippen MR) is 118 cm³/mol. The number of nitrogens with zero attached hydrogens (tertiary/aromatic N) is 4. The summed E-state index contributed by atoms with van der Waals surface area (Å²) < 4.78 is 0. The number of fused-ring (bicyclic) bond motifs is 1. The van der Waals surface area contributed by atoms with Crippen molar-refractivity contribution in [1.82, 2.24) is 30.3 Å². The van der Waals surface area contributed by atoms with Gasteiger partial charge in [-0.1, -0.05) is 6.07 Å². The minimum Gasteiger partial charge on any atom is -0.316 e. The lowest BCUT2D eigenvalue weighted by Gasteiger charge is -2.55. The van der Waals surface area contributed by atoms with Crippen LogP contribution in [0.15, 0.2) is 24.4 Å². The Bertz CT molecular complexity index is 1010. The molecule has 0 spiro atoms. The van der Waals surface area contributed by atoms with E-state index in [1.54, 1.807) is 24.4 Å². The molecule has 0 aliphatic carbocycles. The van der Waals surface area contributed by atoms with Crippen molar-refractivity contribution in [1.29, 1.82) is 0 Å². The number of hydrogen-bond donors (Lipinski definition) is 3. The number of nitrogens with one attached hydrogen (secondary N) is 3. The van der Waals surface area contributed by atoms with Gasteiger partial charge in [0, 0.05) is 30.4 Å². The Morgan fingerprint density at radius 3 is 2.52 bits per heavy atom. The number of aromatic amines is 1. The Hall–Kier alpha value is -2.94. The quantitative estimate of drug-likeness (QED) is 0.686. The molecule has 4 rings (SSSR count). The van der Waals surface area contributed by atoms with Gasteiger partial charge in [0.05, 0.1) is 23.3 Å². The van der Waals surface area contributed by atoms with Crippen LogP contribution in [0.2, 0.25) is 0 Å². The highest BCUT2D eigenvalue weighted by Gasteiger charge is 2.51. The van der Waals surface area contributed by atoms with E-state index in [-0.39, 0.29) is 23.0 Å². The molecular formula is C22H31N7O2. The molecule has 1 fully saturated rings. The Labute approximate surface area is 182 Å². The zero-order valence-corrected chi connectivity index (χ0v) is 19.0. The second-order valence-electron chi connectivity index (χ2n) is 9.79. The molecule has 0 radical (unpaired) electrons. The van der Waals surface area contributed by atoms with Crippen molar-refractivity contribution in [2.75, 3.05) is 18.4 Å². The van der Waals surface area contributed by atoms with Crippen LogP contribution in [0.3, 0.4) is 0 Å². The first kappa shape index (κ1) is 21.3. The van der Waals surface area contributed by atoms with Gasteiger partial charge in [-0.05, 0) is 53.7 Å². The molecule has 2 aliphatic heterocycles. The summed E-state index contributed by atoms with van der Waals surface area (Å²) in [6.45, 7) is 14.2. The lowest BCUT2D eigenvalue weighted by Crippen LogP contribution is -2.72. The van der Waals surface area contributed by atoms with Gasteiger partial charge in [0.1, 0.15) is 5.69 Å².